The van der Waals surface area contributed by atoms with Crippen LogP contribution < -0.4 is 5.32 Å². The molecule has 1 aliphatic rings. The number of benzene rings is 2. The number of aromatic amines is 1. The van der Waals surface area contributed by atoms with Gasteiger partial charge in [-0.05, 0) is 23.3 Å². The van der Waals surface area contributed by atoms with E-state index in [1.54, 1.807) is 12.1 Å². The molecule has 1 aromatic heterocycles. The third-order valence-electron chi connectivity index (χ3n) is 4.40. The maximum absolute atomic E-state index is 12.1. The van der Waals surface area contributed by atoms with Gasteiger partial charge in [-0.25, -0.2) is 4.79 Å². The van der Waals surface area contributed by atoms with Gasteiger partial charge < -0.3 is 10.1 Å². The summed E-state index contributed by atoms with van der Waals surface area (Å²) in [7, 11) is 1.36. The number of hydrogen-bond donors (Lipinski definition) is 2. The number of hydrogen-bond acceptors (Lipinski definition) is 5. The van der Waals surface area contributed by atoms with Crippen LogP contribution in [0.1, 0.15) is 26.7 Å². The van der Waals surface area contributed by atoms with Crippen LogP contribution in [0, 0.1) is 0 Å². The lowest BCUT2D eigenvalue weighted by atomic mass is 9.99. The van der Waals surface area contributed by atoms with Gasteiger partial charge in [-0.3, -0.25) is 9.89 Å². The van der Waals surface area contributed by atoms with Crippen molar-refractivity contribution in [1.29, 1.82) is 0 Å². The van der Waals surface area contributed by atoms with Gasteiger partial charge in [0, 0.05) is 5.56 Å². The fourth-order valence-corrected chi connectivity index (χ4v) is 4.25. The number of esters is 1. The number of nitrogens with one attached hydrogen (secondary N) is 2. The quantitative estimate of drug-likeness (QED) is 0.679. The molecule has 1 aliphatic heterocycles. The Morgan fingerprint density at radius 3 is 2.59 bits per heavy atom. The number of aromatic nitrogens is 2. The molecule has 0 saturated heterocycles. The Hall–Kier alpha value is -3.06. The van der Waals surface area contributed by atoms with Crippen LogP contribution in [0.3, 0.4) is 0 Å². The average Bonchev–Trinajstić information content (AvgIpc) is 3.04. The first kappa shape index (κ1) is 17.4. The molecular formula is C20H17N3O3S. The van der Waals surface area contributed by atoms with Crippen LogP contribution in [-0.2, 0) is 9.53 Å². The number of nitrogens with zero attached hydrogens (tertiary/aromatic N) is 1. The molecule has 0 saturated carbocycles. The molecule has 1 atom stereocenters. The van der Waals surface area contributed by atoms with Crippen LogP contribution in [-0.4, -0.2) is 34.9 Å². The minimum atomic E-state index is -0.374. The minimum Gasteiger partial charge on any atom is -0.465 e. The summed E-state index contributed by atoms with van der Waals surface area (Å²) in [4.78, 5) is 23.8. The number of anilines is 1. The Kier molecular flexibility index (Phi) is 4.68. The molecule has 0 fully saturated rings. The van der Waals surface area contributed by atoms with E-state index in [0.717, 1.165) is 22.4 Å². The molecule has 2 N–H and O–H groups in total. The Labute approximate surface area is 160 Å². The molecule has 6 nitrogen and oxygen atoms in total. The van der Waals surface area contributed by atoms with Crippen LogP contribution in [0.2, 0.25) is 0 Å². The molecule has 0 aliphatic carbocycles. The summed E-state index contributed by atoms with van der Waals surface area (Å²) in [5.74, 6) is 0.418. The molecule has 3 aromatic rings. The molecule has 2 heterocycles. The first-order valence-corrected chi connectivity index (χ1v) is 9.45. The molecule has 27 heavy (non-hydrogen) atoms. The first-order chi connectivity index (χ1) is 13.2. The smallest absolute Gasteiger partial charge is 0.337 e. The number of H-pyrrole nitrogens is 1. The van der Waals surface area contributed by atoms with E-state index in [0.29, 0.717) is 17.1 Å². The highest BCUT2D eigenvalue weighted by Crippen LogP contribution is 2.45. The second-order valence-corrected chi connectivity index (χ2v) is 7.17. The minimum absolute atomic E-state index is 0.0824. The number of thioether (sulfide) groups is 1. The zero-order valence-corrected chi connectivity index (χ0v) is 15.4. The first-order valence-electron chi connectivity index (χ1n) is 8.41. The van der Waals surface area contributed by atoms with E-state index in [1.807, 2.05) is 42.5 Å². The molecule has 0 bridgehead atoms. The number of rotatable bonds is 3. The molecule has 1 unspecified atom stereocenters. The summed E-state index contributed by atoms with van der Waals surface area (Å²) >= 11 is 1.53. The molecule has 4 rings (SSSR count). The van der Waals surface area contributed by atoms with E-state index in [4.69, 9.17) is 4.74 Å². The van der Waals surface area contributed by atoms with Gasteiger partial charge in [0.15, 0.2) is 5.82 Å². The largest absolute Gasteiger partial charge is 0.465 e. The lowest BCUT2D eigenvalue weighted by Crippen LogP contribution is -2.12. The summed E-state index contributed by atoms with van der Waals surface area (Å²) in [6.07, 6.45) is 0. The number of amides is 1. The predicted molar refractivity (Wildman–Crippen MR) is 105 cm³/mol. The summed E-state index contributed by atoms with van der Waals surface area (Å²) in [6.45, 7) is 0. The van der Waals surface area contributed by atoms with Gasteiger partial charge in [0.25, 0.3) is 0 Å². The summed E-state index contributed by atoms with van der Waals surface area (Å²) < 4.78 is 4.76. The van der Waals surface area contributed by atoms with Crippen LogP contribution in [0.5, 0.6) is 0 Å². The van der Waals surface area contributed by atoms with Gasteiger partial charge in [-0.2, -0.15) is 5.10 Å². The Morgan fingerprint density at radius 2 is 1.89 bits per heavy atom. The van der Waals surface area contributed by atoms with E-state index in [9.17, 15) is 9.59 Å². The van der Waals surface area contributed by atoms with Crippen molar-refractivity contribution in [3.8, 4) is 11.3 Å². The summed E-state index contributed by atoms with van der Waals surface area (Å²) in [5, 5.41) is 10.2. The van der Waals surface area contributed by atoms with E-state index in [2.05, 4.69) is 15.5 Å². The molecular weight excluding hydrogens is 362 g/mol. The van der Waals surface area contributed by atoms with Gasteiger partial charge in [0.1, 0.15) is 0 Å². The predicted octanol–water partition coefficient (Wildman–Crippen LogP) is 3.64. The highest BCUT2D eigenvalue weighted by Gasteiger charge is 2.30. The summed E-state index contributed by atoms with van der Waals surface area (Å²) in [6, 6.07) is 17.2. The van der Waals surface area contributed by atoms with Crippen molar-refractivity contribution in [1.82, 2.24) is 10.2 Å². The van der Waals surface area contributed by atoms with Crippen molar-refractivity contribution < 1.29 is 14.3 Å². The Balaban J connectivity index is 1.80. The number of ether oxygens (including phenoxy) is 1. The lowest BCUT2D eigenvalue weighted by molar-refractivity contribution is -0.113. The number of fused-ring (bicyclic) bond motifs is 1. The van der Waals surface area contributed by atoms with E-state index in [1.165, 1.54) is 18.9 Å². The molecule has 1 amide bonds. The number of carbonyl (C=O) groups excluding carboxylic acids is 2. The molecule has 136 valence electrons. The van der Waals surface area contributed by atoms with Gasteiger partial charge in [0.2, 0.25) is 5.91 Å². The SMILES string of the molecule is COC(=O)c1ccc(C2SCC(=O)Nc3n[nH]c(-c4ccccc4)c32)cc1. The van der Waals surface area contributed by atoms with Crippen molar-refractivity contribution in [2.24, 2.45) is 0 Å². The highest BCUT2D eigenvalue weighted by molar-refractivity contribution is 8.00. The van der Waals surface area contributed by atoms with E-state index < -0.39 is 0 Å². The Morgan fingerprint density at radius 1 is 1.15 bits per heavy atom. The van der Waals surface area contributed by atoms with Crippen molar-refractivity contribution in [3.05, 3.63) is 71.3 Å². The Bertz CT molecular complexity index is 983. The standard InChI is InChI=1S/C20H17N3O3S/c1-26-20(25)14-9-7-13(8-10-14)18-16-17(12-5-3-2-4-6-12)22-23-19(16)21-15(24)11-27-18/h2-10,18H,11H2,1H3,(H2,21,22,23,24). The maximum atomic E-state index is 12.1. The highest BCUT2D eigenvalue weighted by atomic mass is 32.2. The van der Waals surface area contributed by atoms with Crippen LogP contribution in [0.4, 0.5) is 5.82 Å². The van der Waals surface area contributed by atoms with Gasteiger partial charge in [-0.1, -0.05) is 42.5 Å². The maximum Gasteiger partial charge on any atom is 0.337 e. The van der Waals surface area contributed by atoms with Gasteiger partial charge >= 0.3 is 5.97 Å². The third kappa shape index (κ3) is 3.33. The molecule has 0 radical (unpaired) electrons. The van der Waals surface area contributed by atoms with Crippen LogP contribution in [0.15, 0.2) is 54.6 Å². The van der Waals surface area contributed by atoms with Gasteiger partial charge in [-0.15, -0.1) is 11.8 Å². The normalized spacial score (nSPS) is 16.2. The zero-order valence-electron chi connectivity index (χ0n) is 14.6. The fraction of sp³-hybridized carbons (Fsp3) is 0.150. The van der Waals surface area contributed by atoms with Crippen molar-refractivity contribution in [2.45, 2.75) is 5.25 Å². The number of carbonyl (C=O) groups is 2. The zero-order chi connectivity index (χ0) is 18.8. The fourth-order valence-electron chi connectivity index (χ4n) is 3.11. The van der Waals surface area contributed by atoms with Gasteiger partial charge in [0.05, 0.1) is 29.4 Å². The molecule has 0 spiro atoms. The van der Waals surface area contributed by atoms with E-state index >= 15 is 0 Å². The second-order valence-electron chi connectivity index (χ2n) is 6.08. The lowest BCUT2D eigenvalue weighted by Gasteiger charge is -2.16. The number of methoxy groups -OCH3 is 1. The topological polar surface area (TPSA) is 84.1 Å². The molecule has 2 aromatic carbocycles. The third-order valence-corrected chi connectivity index (χ3v) is 5.67. The van der Waals surface area contributed by atoms with Crippen molar-refractivity contribution in [2.75, 3.05) is 18.2 Å². The van der Waals surface area contributed by atoms with Crippen molar-refractivity contribution in [3.63, 3.8) is 0 Å². The average molecular weight is 379 g/mol. The van der Waals surface area contributed by atoms with Crippen LogP contribution >= 0.6 is 11.8 Å². The monoisotopic (exact) mass is 379 g/mol. The van der Waals surface area contributed by atoms with Crippen molar-refractivity contribution >= 4 is 29.5 Å². The second kappa shape index (κ2) is 7.28. The molecule has 7 heteroatoms. The van der Waals surface area contributed by atoms with Crippen LogP contribution in [0.25, 0.3) is 11.3 Å². The van der Waals surface area contributed by atoms with E-state index in [-0.39, 0.29) is 17.1 Å². The summed E-state index contributed by atoms with van der Waals surface area (Å²) in [5.41, 5.74) is 4.29.